The number of benzene rings is 1. The van der Waals surface area contributed by atoms with Crippen molar-refractivity contribution in [2.24, 2.45) is 0 Å². The van der Waals surface area contributed by atoms with E-state index in [1.165, 1.54) is 7.11 Å². The van der Waals surface area contributed by atoms with E-state index in [0.29, 0.717) is 5.56 Å². The van der Waals surface area contributed by atoms with E-state index in [9.17, 15) is 17.6 Å². The Kier molecular flexibility index (Phi) is 4.45. The van der Waals surface area contributed by atoms with Crippen molar-refractivity contribution in [3.8, 4) is 5.75 Å². The number of ether oxygens (including phenoxy) is 1. The molecule has 1 aromatic carbocycles. The number of carbonyl (C=O) groups is 1. The number of hydrogen-bond donors (Lipinski definition) is 0. The Hall–Kier alpha value is -1.43. The molecular weight excluding hydrogens is 259 g/mol. The van der Waals surface area contributed by atoms with Gasteiger partial charge in [-0.25, -0.2) is 12.8 Å². The van der Waals surface area contributed by atoms with Gasteiger partial charge >= 0.3 is 0 Å². The largest absolute Gasteiger partial charge is 0.496 e. The van der Waals surface area contributed by atoms with Crippen LogP contribution in [0.15, 0.2) is 17.0 Å². The molecule has 0 heterocycles. The predicted molar refractivity (Wildman–Crippen MR) is 65.2 cm³/mol. The van der Waals surface area contributed by atoms with Gasteiger partial charge in [-0.1, -0.05) is 6.92 Å². The van der Waals surface area contributed by atoms with Gasteiger partial charge in [-0.05, 0) is 12.0 Å². The minimum Gasteiger partial charge on any atom is -0.496 e. The molecule has 1 rings (SSSR count). The van der Waals surface area contributed by atoms with Gasteiger partial charge in [0.1, 0.15) is 22.7 Å². The summed E-state index contributed by atoms with van der Waals surface area (Å²) in [5, 5.41) is 0. The molecule has 0 saturated heterocycles. The number of aldehydes is 1. The predicted octanol–water partition coefficient (Wildman–Crippen LogP) is 1.93. The van der Waals surface area contributed by atoms with Crippen LogP contribution in [-0.4, -0.2) is 28.1 Å². The molecule has 1 aromatic rings. The van der Waals surface area contributed by atoms with Crippen LogP contribution in [-0.2, 0) is 14.6 Å². The molecule has 0 aliphatic heterocycles. The van der Waals surface area contributed by atoms with Crippen LogP contribution in [0.1, 0.15) is 24.8 Å². The molecule has 0 aliphatic carbocycles. The maximum atomic E-state index is 13.7. The van der Waals surface area contributed by atoms with Crippen molar-refractivity contribution in [1.29, 1.82) is 0 Å². The molecule has 0 fully saturated rings. The molecule has 0 amide bonds. The van der Waals surface area contributed by atoms with E-state index in [-0.39, 0.29) is 18.1 Å². The molecular formula is C12H15FO4S. The fraction of sp³-hybridized carbons (Fsp3) is 0.417. The van der Waals surface area contributed by atoms with E-state index in [2.05, 4.69) is 0 Å². The molecule has 0 aliphatic rings. The van der Waals surface area contributed by atoms with Gasteiger partial charge in [0.15, 0.2) is 9.84 Å². The molecule has 4 nitrogen and oxygen atoms in total. The summed E-state index contributed by atoms with van der Waals surface area (Å²) in [4.78, 5) is 10.1. The Bertz CT molecular complexity index is 551. The van der Waals surface area contributed by atoms with Crippen LogP contribution in [0.4, 0.5) is 4.39 Å². The van der Waals surface area contributed by atoms with Crippen molar-refractivity contribution in [2.45, 2.75) is 24.2 Å². The summed E-state index contributed by atoms with van der Waals surface area (Å²) in [6.45, 7) is 1.74. The lowest BCUT2D eigenvalue weighted by atomic mass is 9.97. The topological polar surface area (TPSA) is 60.4 Å². The third-order valence-electron chi connectivity index (χ3n) is 2.66. The van der Waals surface area contributed by atoms with Gasteiger partial charge in [-0.2, -0.15) is 0 Å². The highest BCUT2D eigenvalue weighted by Gasteiger charge is 2.20. The lowest BCUT2D eigenvalue weighted by molar-refractivity contribution is -0.108. The maximum Gasteiger partial charge on any atom is 0.178 e. The lowest BCUT2D eigenvalue weighted by Gasteiger charge is -2.15. The first-order valence-electron chi connectivity index (χ1n) is 5.32. The third-order valence-corrected chi connectivity index (χ3v) is 3.78. The van der Waals surface area contributed by atoms with E-state index >= 15 is 0 Å². The first kappa shape index (κ1) is 14.6. The standard InChI is InChI=1S/C12H15FO4S/c1-8(4-5-14)9-6-10(13)12(18(3,15)16)7-11(9)17-2/h5-8H,4H2,1-3H3. The van der Waals surface area contributed by atoms with Crippen LogP contribution < -0.4 is 4.74 Å². The molecule has 0 saturated carbocycles. The van der Waals surface area contributed by atoms with Gasteiger partial charge in [0, 0.05) is 24.3 Å². The maximum absolute atomic E-state index is 13.7. The summed E-state index contributed by atoms with van der Waals surface area (Å²) in [5.74, 6) is -0.794. The van der Waals surface area contributed by atoms with Crippen LogP contribution in [0.5, 0.6) is 5.75 Å². The van der Waals surface area contributed by atoms with Crippen molar-refractivity contribution in [2.75, 3.05) is 13.4 Å². The molecule has 0 N–H and O–H groups in total. The smallest absolute Gasteiger partial charge is 0.178 e. The normalized spacial score (nSPS) is 13.1. The van der Waals surface area contributed by atoms with E-state index < -0.39 is 20.5 Å². The minimum absolute atomic E-state index is 0.216. The average molecular weight is 274 g/mol. The second kappa shape index (κ2) is 5.48. The molecule has 0 aromatic heterocycles. The molecule has 1 unspecified atom stereocenters. The monoisotopic (exact) mass is 274 g/mol. The van der Waals surface area contributed by atoms with Gasteiger partial charge < -0.3 is 9.53 Å². The second-order valence-electron chi connectivity index (χ2n) is 4.10. The lowest BCUT2D eigenvalue weighted by Crippen LogP contribution is -2.05. The molecule has 1 atom stereocenters. The first-order valence-corrected chi connectivity index (χ1v) is 7.21. The number of methoxy groups -OCH3 is 1. The van der Waals surface area contributed by atoms with Crippen LogP contribution in [0.2, 0.25) is 0 Å². The summed E-state index contributed by atoms with van der Waals surface area (Å²) in [7, 11) is -2.27. The quantitative estimate of drug-likeness (QED) is 0.770. The summed E-state index contributed by atoms with van der Waals surface area (Å²) in [6, 6.07) is 2.27. The van der Waals surface area contributed by atoms with Crippen LogP contribution in [0.3, 0.4) is 0 Å². The number of sulfone groups is 1. The number of rotatable bonds is 5. The zero-order valence-corrected chi connectivity index (χ0v) is 11.3. The average Bonchev–Trinajstić information content (AvgIpc) is 2.27. The van der Waals surface area contributed by atoms with Crippen molar-refractivity contribution >= 4 is 16.1 Å². The van der Waals surface area contributed by atoms with Gasteiger partial charge in [-0.3, -0.25) is 0 Å². The van der Waals surface area contributed by atoms with Gasteiger partial charge in [0.05, 0.1) is 7.11 Å². The fourth-order valence-corrected chi connectivity index (χ4v) is 2.40. The van der Waals surface area contributed by atoms with Crippen molar-refractivity contribution in [1.82, 2.24) is 0 Å². The fourth-order valence-electron chi connectivity index (χ4n) is 1.67. The molecule has 0 spiro atoms. The van der Waals surface area contributed by atoms with Crippen LogP contribution >= 0.6 is 0 Å². The molecule has 6 heteroatoms. The Morgan fingerprint density at radius 3 is 2.50 bits per heavy atom. The summed E-state index contributed by atoms with van der Waals surface area (Å²) < 4.78 is 41.6. The molecule has 100 valence electrons. The second-order valence-corrected chi connectivity index (χ2v) is 6.08. The highest BCUT2D eigenvalue weighted by molar-refractivity contribution is 7.90. The Balaban J connectivity index is 3.40. The zero-order chi connectivity index (χ0) is 13.9. The van der Waals surface area contributed by atoms with Gasteiger partial charge in [-0.15, -0.1) is 0 Å². The van der Waals surface area contributed by atoms with E-state index in [4.69, 9.17) is 4.74 Å². The van der Waals surface area contributed by atoms with Gasteiger partial charge in [0.25, 0.3) is 0 Å². The van der Waals surface area contributed by atoms with E-state index in [1.807, 2.05) is 0 Å². The number of halogens is 1. The molecule has 18 heavy (non-hydrogen) atoms. The van der Waals surface area contributed by atoms with Crippen LogP contribution in [0, 0.1) is 5.82 Å². The highest BCUT2D eigenvalue weighted by atomic mass is 32.2. The summed E-state index contributed by atoms with van der Waals surface area (Å²) in [5.41, 5.74) is 0.481. The zero-order valence-electron chi connectivity index (χ0n) is 10.4. The van der Waals surface area contributed by atoms with Crippen molar-refractivity contribution < 1.29 is 22.3 Å². The SMILES string of the molecule is COc1cc(S(C)(=O)=O)c(F)cc1C(C)CC=O. The van der Waals surface area contributed by atoms with E-state index in [0.717, 1.165) is 24.7 Å². The Labute approximate surface area is 106 Å². The molecule has 0 bridgehead atoms. The van der Waals surface area contributed by atoms with Crippen molar-refractivity contribution in [3.63, 3.8) is 0 Å². The Morgan fingerprint density at radius 2 is 2.06 bits per heavy atom. The Morgan fingerprint density at radius 1 is 1.44 bits per heavy atom. The summed E-state index contributed by atoms with van der Waals surface area (Å²) >= 11 is 0. The van der Waals surface area contributed by atoms with Crippen molar-refractivity contribution in [3.05, 3.63) is 23.5 Å². The van der Waals surface area contributed by atoms with Gasteiger partial charge in [0.2, 0.25) is 0 Å². The third kappa shape index (κ3) is 3.07. The van der Waals surface area contributed by atoms with E-state index in [1.54, 1.807) is 6.92 Å². The first-order chi connectivity index (χ1) is 8.31. The minimum atomic E-state index is -3.65. The van der Waals surface area contributed by atoms with Crippen LogP contribution in [0.25, 0.3) is 0 Å². The number of hydrogen-bond acceptors (Lipinski definition) is 4. The molecule has 0 radical (unpaired) electrons. The number of carbonyl (C=O) groups excluding carboxylic acids is 1. The highest BCUT2D eigenvalue weighted by Crippen LogP contribution is 2.32. The summed E-state index contributed by atoms with van der Waals surface area (Å²) in [6.07, 6.45) is 1.87.